The lowest BCUT2D eigenvalue weighted by atomic mass is 9.93. The van der Waals surface area contributed by atoms with Crippen molar-refractivity contribution in [1.82, 2.24) is 9.78 Å². The van der Waals surface area contributed by atoms with Gasteiger partial charge in [0, 0.05) is 18.9 Å². The summed E-state index contributed by atoms with van der Waals surface area (Å²) in [6.45, 7) is 2.31. The van der Waals surface area contributed by atoms with Crippen LogP contribution in [0.3, 0.4) is 0 Å². The molecule has 174 valence electrons. The minimum Gasteiger partial charge on any atom is -0.403 e. The standard InChI is InChI=1S/C22H19F3N2O5S/c1-12-10-15(17(22(23,24)25)13(2)19(12)33(4,30)31)18(28)16-11-26-27(3)20(16)32-21(29)14-8-6-5-7-9-14/h5-11H,1-4H3. The van der Waals surface area contributed by atoms with Crippen molar-refractivity contribution in [1.29, 1.82) is 0 Å². The second-order valence-electron chi connectivity index (χ2n) is 7.41. The molecule has 0 bridgehead atoms. The molecule has 7 nitrogen and oxygen atoms in total. The van der Waals surface area contributed by atoms with Gasteiger partial charge in [-0.15, -0.1) is 0 Å². The number of alkyl halides is 3. The molecule has 3 rings (SSSR count). The third kappa shape index (κ3) is 4.68. The van der Waals surface area contributed by atoms with Crippen molar-refractivity contribution in [3.8, 4) is 5.88 Å². The van der Waals surface area contributed by atoms with Crippen LogP contribution in [0, 0.1) is 13.8 Å². The van der Waals surface area contributed by atoms with Gasteiger partial charge in [0.15, 0.2) is 9.84 Å². The molecule has 0 aliphatic heterocycles. The van der Waals surface area contributed by atoms with Gasteiger partial charge in [0.1, 0.15) is 5.56 Å². The molecule has 0 unspecified atom stereocenters. The van der Waals surface area contributed by atoms with Gasteiger partial charge in [-0.2, -0.15) is 18.3 Å². The molecule has 0 saturated heterocycles. The molecule has 0 aliphatic carbocycles. The number of benzene rings is 2. The summed E-state index contributed by atoms with van der Waals surface area (Å²) in [5.41, 5.74) is -2.95. The number of rotatable bonds is 5. The summed E-state index contributed by atoms with van der Waals surface area (Å²) < 4.78 is 72.4. The number of aromatic nitrogens is 2. The first-order valence-corrected chi connectivity index (χ1v) is 11.4. The first kappa shape index (κ1) is 24.2. The molecule has 2 aromatic carbocycles. The Labute approximate surface area is 187 Å². The van der Waals surface area contributed by atoms with Gasteiger partial charge in [-0.3, -0.25) is 4.79 Å². The van der Waals surface area contributed by atoms with E-state index in [1.54, 1.807) is 18.2 Å². The Morgan fingerprint density at radius 2 is 1.67 bits per heavy atom. The quantitative estimate of drug-likeness (QED) is 0.406. The maximum absolute atomic E-state index is 14.0. The van der Waals surface area contributed by atoms with E-state index in [0.29, 0.717) is 0 Å². The molecule has 0 aliphatic rings. The number of ether oxygens (including phenoxy) is 1. The fourth-order valence-electron chi connectivity index (χ4n) is 3.65. The average Bonchev–Trinajstić information content (AvgIpc) is 3.05. The monoisotopic (exact) mass is 480 g/mol. The largest absolute Gasteiger partial charge is 0.417 e. The number of carbonyl (C=O) groups is 2. The Morgan fingerprint density at radius 1 is 1.06 bits per heavy atom. The molecule has 0 fully saturated rings. The number of hydrogen-bond acceptors (Lipinski definition) is 6. The molecule has 0 saturated carbocycles. The van der Waals surface area contributed by atoms with Gasteiger partial charge in [0.05, 0.1) is 22.2 Å². The average molecular weight is 480 g/mol. The fraction of sp³-hybridized carbons (Fsp3) is 0.227. The van der Waals surface area contributed by atoms with Crippen LogP contribution in [0.25, 0.3) is 0 Å². The van der Waals surface area contributed by atoms with E-state index in [4.69, 9.17) is 4.74 Å². The van der Waals surface area contributed by atoms with Crippen LogP contribution in [-0.4, -0.2) is 36.2 Å². The summed E-state index contributed by atoms with van der Waals surface area (Å²) in [7, 11) is -2.64. The van der Waals surface area contributed by atoms with Crippen LogP contribution in [0.2, 0.25) is 0 Å². The minimum absolute atomic E-state index is 0.0157. The third-order valence-electron chi connectivity index (χ3n) is 4.93. The van der Waals surface area contributed by atoms with E-state index in [0.717, 1.165) is 30.1 Å². The zero-order valence-electron chi connectivity index (χ0n) is 18.0. The molecule has 1 aromatic heterocycles. The van der Waals surface area contributed by atoms with E-state index in [1.807, 2.05) is 0 Å². The van der Waals surface area contributed by atoms with E-state index in [1.165, 1.54) is 26.1 Å². The summed E-state index contributed by atoms with van der Waals surface area (Å²) in [5.74, 6) is -2.29. The lowest BCUT2D eigenvalue weighted by Crippen LogP contribution is -2.20. The summed E-state index contributed by atoms with van der Waals surface area (Å²) in [5, 5.41) is 3.84. The van der Waals surface area contributed by atoms with Gasteiger partial charge in [0.25, 0.3) is 0 Å². The van der Waals surface area contributed by atoms with Crippen LogP contribution in [0.1, 0.15) is 43.0 Å². The molecule has 0 spiro atoms. The number of sulfone groups is 1. The van der Waals surface area contributed by atoms with E-state index in [2.05, 4.69) is 5.10 Å². The Balaban J connectivity index is 2.17. The van der Waals surface area contributed by atoms with Crippen molar-refractivity contribution in [2.24, 2.45) is 7.05 Å². The first-order chi connectivity index (χ1) is 15.2. The molecular formula is C22H19F3N2O5S. The SMILES string of the molecule is Cc1cc(C(=O)c2cnn(C)c2OC(=O)c2ccccc2)c(C(F)(F)F)c(C)c1S(C)(=O)=O. The number of carbonyl (C=O) groups excluding carboxylic acids is 2. The van der Waals surface area contributed by atoms with Crippen molar-refractivity contribution < 1.29 is 35.9 Å². The Kier molecular flexibility index (Phi) is 6.20. The first-order valence-electron chi connectivity index (χ1n) is 9.48. The van der Waals surface area contributed by atoms with Crippen molar-refractivity contribution in [2.75, 3.05) is 6.26 Å². The van der Waals surface area contributed by atoms with Gasteiger partial charge < -0.3 is 4.74 Å². The topological polar surface area (TPSA) is 95.3 Å². The van der Waals surface area contributed by atoms with Crippen LogP contribution in [0.5, 0.6) is 5.88 Å². The Hall–Kier alpha value is -3.47. The van der Waals surface area contributed by atoms with Gasteiger partial charge in [-0.1, -0.05) is 18.2 Å². The Morgan fingerprint density at radius 3 is 2.21 bits per heavy atom. The maximum atomic E-state index is 14.0. The van der Waals surface area contributed by atoms with E-state index >= 15 is 0 Å². The summed E-state index contributed by atoms with van der Waals surface area (Å²) in [6.07, 6.45) is -3.23. The molecule has 0 N–H and O–H groups in total. The molecule has 1 heterocycles. The summed E-state index contributed by atoms with van der Waals surface area (Å²) in [6, 6.07) is 8.69. The Bertz CT molecular complexity index is 1360. The van der Waals surface area contributed by atoms with E-state index in [9.17, 15) is 31.2 Å². The molecular weight excluding hydrogens is 461 g/mol. The van der Waals surface area contributed by atoms with Gasteiger partial charge in [-0.25, -0.2) is 17.9 Å². The van der Waals surface area contributed by atoms with Crippen molar-refractivity contribution in [3.05, 3.63) is 76.0 Å². The molecule has 0 atom stereocenters. The van der Waals surface area contributed by atoms with Crippen LogP contribution >= 0.6 is 0 Å². The molecule has 3 aromatic rings. The van der Waals surface area contributed by atoms with Crippen LogP contribution in [-0.2, 0) is 23.1 Å². The number of nitrogens with zero attached hydrogens (tertiary/aromatic N) is 2. The zero-order valence-corrected chi connectivity index (χ0v) is 18.8. The van der Waals surface area contributed by atoms with Crippen LogP contribution in [0.15, 0.2) is 47.5 Å². The van der Waals surface area contributed by atoms with Crippen molar-refractivity contribution in [3.63, 3.8) is 0 Å². The van der Waals surface area contributed by atoms with Crippen LogP contribution < -0.4 is 4.74 Å². The number of hydrogen-bond donors (Lipinski definition) is 0. The fourth-order valence-corrected chi connectivity index (χ4v) is 4.95. The predicted octanol–water partition coefficient (Wildman–Crippen LogP) is 3.91. The number of ketones is 1. The number of aryl methyl sites for hydroxylation is 2. The predicted molar refractivity (Wildman–Crippen MR) is 112 cm³/mol. The lowest BCUT2D eigenvalue weighted by Gasteiger charge is -2.19. The smallest absolute Gasteiger partial charge is 0.403 e. The summed E-state index contributed by atoms with van der Waals surface area (Å²) >= 11 is 0. The maximum Gasteiger partial charge on any atom is 0.417 e. The second-order valence-corrected chi connectivity index (χ2v) is 9.36. The second kappa shape index (κ2) is 8.47. The highest BCUT2D eigenvalue weighted by Crippen LogP contribution is 2.40. The van der Waals surface area contributed by atoms with Crippen LogP contribution in [0.4, 0.5) is 13.2 Å². The number of halogens is 3. The number of esters is 1. The minimum atomic E-state index is -5.02. The molecule has 0 amide bonds. The zero-order chi connectivity index (χ0) is 24.7. The lowest BCUT2D eigenvalue weighted by molar-refractivity contribution is -0.138. The highest BCUT2D eigenvalue weighted by molar-refractivity contribution is 7.90. The van der Waals surface area contributed by atoms with Gasteiger partial charge in [-0.05, 0) is 43.2 Å². The van der Waals surface area contributed by atoms with Crippen molar-refractivity contribution >= 4 is 21.6 Å². The van der Waals surface area contributed by atoms with Gasteiger partial charge >= 0.3 is 12.1 Å². The molecule has 33 heavy (non-hydrogen) atoms. The third-order valence-corrected chi connectivity index (χ3v) is 6.30. The van der Waals surface area contributed by atoms with Gasteiger partial charge in [0.2, 0.25) is 11.7 Å². The molecule has 0 radical (unpaired) electrons. The molecule has 11 heteroatoms. The van der Waals surface area contributed by atoms with E-state index in [-0.39, 0.29) is 22.6 Å². The summed E-state index contributed by atoms with van der Waals surface area (Å²) in [4.78, 5) is 25.2. The normalized spacial score (nSPS) is 12.0. The van der Waals surface area contributed by atoms with Crippen molar-refractivity contribution in [2.45, 2.75) is 24.9 Å². The highest BCUT2D eigenvalue weighted by atomic mass is 32.2. The van der Waals surface area contributed by atoms with E-state index < -0.39 is 49.4 Å². The highest BCUT2D eigenvalue weighted by Gasteiger charge is 2.40.